The number of allylic oxidation sites excluding steroid dienone is 6. The molecule has 7 nitrogen and oxygen atoms in total. The van der Waals surface area contributed by atoms with Gasteiger partial charge in [0.1, 0.15) is 11.9 Å². The van der Waals surface area contributed by atoms with E-state index in [1.165, 1.54) is 74.1 Å². The van der Waals surface area contributed by atoms with E-state index in [1.807, 2.05) is 52.1 Å². The van der Waals surface area contributed by atoms with E-state index >= 15 is 0 Å². The van der Waals surface area contributed by atoms with E-state index < -0.39 is 0 Å². The fourth-order valence-electron chi connectivity index (χ4n) is 8.21. The highest BCUT2D eigenvalue weighted by atomic mass is 19.1. The minimum Gasteiger partial charge on any atom is -0.374 e. The minimum atomic E-state index is -0.327. The lowest BCUT2D eigenvalue weighted by molar-refractivity contribution is -0.121. The van der Waals surface area contributed by atoms with Crippen LogP contribution in [0.5, 0.6) is 0 Å². The number of benzene rings is 3. The molecule has 8 heteroatoms. The Morgan fingerprint density at radius 3 is 1.85 bits per heavy atom. The number of aliphatic imine (C=N–C) groups is 1. The van der Waals surface area contributed by atoms with E-state index in [9.17, 15) is 14.0 Å². The average Bonchev–Trinajstić information content (AvgIpc) is 3.62. The molecule has 2 fully saturated rings. The van der Waals surface area contributed by atoms with Gasteiger partial charge in [0.2, 0.25) is 5.91 Å². The fourth-order valence-corrected chi connectivity index (χ4v) is 8.21. The Kier molecular flexibility index (Phi) is 43.2. The molecule has 2 atom stereocenters. The number of Topliss-reactive ketones (excluding diaryl/α,β-unsaturated/α-hetero) is 1. The molecule has 2 aliphatic rings. The molecule has 0 aliphatic carbocycles. The summed E-state index contributed by atoms with van der Waals surface area (Å²) in [6, 6.07) is 19.6. The topological polar surface area (TPSA) is 85.8 Å². The van der Waals surface area contributed by atoms with Crippen LogP contribution in [0.15, 0.2) is 133 Å². The highest BCUT2D eigenvalue weighted by Crippen LogP contribution is 2.32. The van der Waals surface area contributed by atoms with Gasteiger partial charge in [0, 0.05) is 48.5 Å². The molecule has 0 aromatic heterocycles. The first-order valence-electron chi connectivity index (χ1n) is 29.9. The molecule has 3 aromatic carbocycles. The van der Waals surface area contributed by atoms with Crippen LogP contribution in [0.3, 0.4) is 0 Å². The summed E-state index contributed by atoms with van der Waals surface area (Å²) in [4.78, 5) is 30.2. The number of halogens is 1. The van der Waals surface area contributed by atoms with E-state index in [0.717, 1.165) is 83.9 Å². The molecule has 78 heavy (non-hydrogen) atoms. The van der Waals surface area contributed by atoms with Crippen LogP contribution >= 0.6 is 0 Å². The van der Waals surface area contributed by atoms with Gasteiger partial charge in [-0.1, -0.05) is 194 Å². The van der Waals surface area contributed by atoms with E-state index in [0.29, 0.717) is 36.2 Å². The number of unbranched alkanes of at least 4 members (excludes halogenated alkanes) is 2. The molecule has 0 spiro atoms. The van der Waals surface area contributed by atoms with Crippen molar-refractivity contribution in [3.8, 4) is 0 Å². The van der Waals surface area contributed by atoms with Crippen LogP contribution < -0.4 is 16.0 Å². The van der Waals surface area contributed by atoms with Crippen molar-refractivity contribution in [3.05, 3.63) is 161 Å². The summed E-state index contributed by atoms with van der Waals surface area (Å²) in [5, 5.41) is 9.27. The van der Waals surface area contributed by atoms with Gasteiger partial charge in [-0.05, 0) is 168 Å². The number of hydrogen-bond acceptors (Lipinski definition) is 6. The quantitative estimate of drug-likeness (QED) is 0.0454. The van der Waals surface area contributed by atoms with Crippen LogP contribution in [0.25, 0.3) is 5.57 Å². The van der Waals surface area contributed by atoms with Crippen LogP contribution in [0.2, 0.25) is 0 Å². The third-order valence-corrected chi connectivity index (χ3v) is 13.7. The van der Waals surface area contributed by atoms with Crippen LogP contribution in [-0.4, -0.2) is 61.6 Å². The van der Waals surface area contributed by atoms with Gasteiger partial charge in [0.25, 0.3) is 0 Å². The molecule has 5 rings (SSSR count). The second-order valence-electron chi connectivity index (χ2n) is 19.9. The van der Waals surface area contributed by atoms with Gasteiger partial charge < -0.3 is 16.0 Å². The van der Waals surface area contributed by atoms with Crippen molar-refractivity contribution >= 4 is 34.9 Å². The number of carbonyl (C=O) groups is 2. The van der Waals surface area contributed by atoms with Crippen molar-refractivity contribution in [2.45, 2.75) is 212 Å². The summed E-state index contributed by atoms with van der Waals surface area (Å²) in [5.41, 5.74) is 12.1. The normalized spacial score (nSPS) is 14.9. The first kappa shape index (κ1) is 74.5. The lowest BCUT2D eigenvalue weighted by atomic mass is 9.87. The molecule has 3 aromatic rings. The van der Waals surface area contributed by atoms with E-state index in [1.54, 1.807) is 33.0 Å². The number of carbonyl (C=O) groups excluding carboxylic acids is 2. The highest BCUT2D eigenvalue weighted by molar-refractivity contribution is 5.94. The molecule has 2 aliphatic heterocycles. The first-order chi connectivity index (χ1) is 37.4. The number of anilines is 2. The van der Waals surface area contributed by atoms with Gasteiger partial charge in [-0.3, -0.25) is 19.5 Å². The maximum absolute atomic E-state index is 13.4. The summed E-state index contributed by atoms with van der Waals surface area (Å²) >= 11 is 0. The van der Waals surface area contributed by atoms with Crippen molar-refractivity contribution in [2.75, 3.05) is 37.3 Å². The summed E-state index contributed by atoms with van der Waals surface area (Å²) in [7, 11) is 1.79. The number of nitrogens with one attached hydrogen (secondary N) is 3. The van der Waals surface area contributed by atoms with Crippen molar-refractivity contribution in [2.24, 2.45) is 10.9 Å². The van der Waals surface area contributed by atoms with Crippen LogP contribution in [0.4, 0.5) is 15.8 Å². The van der Waals surface area contributed by atoms with Gasteiger partial charge >= 0.3 is 0 Å². The predicted octanol–water partition coefficient (Wildman–Crippen LogP) is 19.8. The molecule has 1 amide bonds. The second-order valence-corrected chi connectivity index (χ2v) is 19.9. The summed E-state index contributed by atoms with van der Waals surface area (Å²) in [6.45, 7) is 52.1. The Morgan fingerprint density at radius 1 is 0.808 bits per heavy atom. The minimum absolute atomic E-state index is 0.0605. The summed E-state index contributed by atoms with van der Waals surface area (Å²) in [6.07, 6.45) is 23.3. The van der Waals surface area contributed by atoms with Crippen LogP contribution in [0, 0.1) is 25.6 Å². The van der Waals surface area contributed by atoms with Crippen molar-refractivity contribution in [3.63, 3.8) is 0 Å². The highest BCUT2D eigenvalue weighted by Gasteiger charge is 2.25. The molecule has 436 valence electrons. The number of ketones is 1. The molecule has 2 heterocycles. The zero-order valence-corrected chi connectivity index (χ0v) is 52.6. The number of amides is 1. The van der Waals surface area contributed by atoms with Gasteiger partial charge in [-0.15, -0.1) is 6.58 Å². The van der Waals surface area contributed by atoms with E-state index in [-0.39, 0.29) is 23.5 Å². The molecule has 2 unspecified atom stereocenters. The number of piperidine rings is 1. The average molecular weight is 1070 g/mol. The molecule has 0 bridgehead atoms. The van der Waals surface area contributed by atoms with Gasteiger partial charge in [0.05, 0.1) is 0 Å². The van der Waals surface area contributed by atoms with Crippen molar-refractivity contribution in [1.29, 1.82) is 0 Å². The maximum atomic E-state index is 13.4. The molecular weight excluding hydrogens is 962 g/mol. The third-order valence-electron chi connectivity index (χ3n) is 13.7. The monoisotopic (exact) mass is 1070 g/mol. The lowest BCUT2D eigenvalue weighted by Gasteiger charge is -2.37. The maximum Gasteiger partial charge on any atom is 0.242 e. The Morgan fingerprint density at radius 2 is 1.37 bits per heavy atom. The third kappa shape index (κ3) is 30.0. The van der Waals surface area contributed by atoms with Crippen molar-refractivity contribution < 1.29 is 14.0 Å². The molecule has 0 radical (unpaired) electrons. The predicted molar refractivity (Wildman–Crippen MR) is 346 cm³/mol. The van der Waals surface area contributed by atoms with Gasteiger partial charge in [-0.25, -0.2) is 4.39 Å². The fraction of sp³-hybridized carbons (Fsp3) is 0.529. The zero-order valence-electron chi connectivity index (χ0n) is 52.6. The van der Waals surface area contributed by atoms with Crippen LogP contribution in [0.1, 0.15) is 219 Å². The van der Waals surface area contributed by atoms with E-state index in [4.69, 9.17) is 0 Å². The smallest absolute Gasteiger partial charge is 0.242 e. The Hall–Kier alpha value is -5.60. The van der Waals surface area contributed by atoms with Crippen LogP contribution in [-0.2, 0) is 4.79 Å². The SMILES string of the molecule is C=C(CC)Nc1ccc(/C(=C/C=NC)C(=C)/C=C(\C)C(C)N2CCC(c3ccc(C(C)=O)cc3)CC2)cc1C.C=C1CCC(Nc2ccc(C)c(F)c2)C(=O)NC1.C=CC(CCC)CCC.CC.CC.CCCC.CCCC. The first-order valence-corrected chi connectivity index (χ1v) is 29.9. The number of likely N-dealkylation sites (tertiary alicyclic amines) is 1. The van der Waals surface area contributed by atoms with Gasteiger partial charge in [-0.2, -0.15) is 0 Å². The molecule has 2 saturated heterocycles. The van der Waals surface area contributed by atoms with Crippen molar-refractivity contribution in [1.82, 2.24) is 10.2 Å². The second kappa shape index (κ2) is 45.3. The Balaban J connectivity index is 0. The molecule has 0 saturated carbocycles. The lowest BCUT2D eigenvalue weighted by Crippen LogP contribution is -2.40. The molecule has 3 N–H and O–H groups in total. The Bertz CT molecular complexity index is 2250. The summed E-state index contributed by atoms with van der Waals surface area (Å²) < 4.78 is 13.4. The zero-order chi connectivity index (χ0) is 59.6. The standard InChI is InChI=1S/C35H45N3O.C14H17FN2O.C9H18.2C4H10.2C2H6/c1-9-27(5)37-35-15-14-33(23-26(35)4)34(16-19-36-8)25(3)22-24(2)28(6)38-20-17-32(18-21-38)31-12-10-30(11-13-31)29(7)39;1-9-3-6-13(14(18)16-8-9)17-11-5-4-10(2)12(15)7-11;1-4-7-9(6-3)8-5-2;2*1-3-4-2;2*1-2/h10-16,19,22-23,28,32,37H,3,5,9,17-18,20-21H2,1-2,4,6-8H3;4-5,7,13,17H,1,3,6,8H2,2H3,(H,16,18);6,9H,3-5,7-8H2,1-2H3;2*3-4H2,1-2H3;2*1-2H3/b24-22+,34-16+,36-19?;;;;;;. The molecular formula is C70H112FN5O2. The van der Waals surface area contributed by atoms with Gasteiger partial charge in [0.15, 0.2) is 5.78 Å². The number of nitrogens with zero attached hydrogens (tertiary/aromatic N) is 2. The number of rotatable bonds is 20. The number of aryl methyl sites for hydroxylation is 2. The summed E-state index contributed by atoms with van der Waals surface area (Å²) in [5.74, 6) is 1.12. The Labute approximate surface area is 478 Å². The largest absolute Gasteiger partial charge is 0.374 e. The number of hydrogen-bond donors (Lipinski definition) is 3. The van der Waals surface area contributed by atoms with E-state index in [2.05, 4.69) is 164 Å².